The van der Waals surface area contributed by atoms with E-state index in [0.29, 0.717) is 21.9 Å². The van der Waals surface area contributed by atoms with Crippen molar-refractivity contribution in [1.29, 1.82) is 0 Å². The van der Waals surface area contributed by atoms with Gasteiger partial charge < -0.3 is 4.90 Å². The van der Waals surface area contributed by atoms with Crippen molar-refractivity contribution in [3.8, 4) is 10.4 Å². The average molecular weight is 448 g/mol. The van der Waals surface area contributed by atoms with Crippen LogP contribution in [0.2, 0.25) is 0 Å². The lowest BCUT2D eigenvalue weighted by atomic mass is 10.2. The molecule has 154 valence electrons. The number of carbonyl (C=O) groups is 1. The summed E-state index contributed by atoms with van der Waals surface area (Å²) >= 11 is 4.39. The van der Waals surface area contributed by atoms with E-state index in [4.69, 9.17) is 4.98 Å². The van der Waals surface area contributed by atoms with Gasteiger partial charge in [-0.3, -0.25) is 14.2 Å². The molecule has 0 aromatic carbocycles. The first-order chi connectivity index (χ1) is 13.8. The number of allylic oxidation sites excluding steroid dienone is 1. The minimum Gasteiger partial charge on any atom is -0.337 e. The van der Waals surface area contributed by atoms with Gasteiger partial charge in [0.25, 0.3) is 5.56 Å². The summed E-state index contributed by atoms with van der Waals surface area (Å²) in [6.07, 6.45) is 1.69. The van der Waals surface area contributed by atoms with Crippen LogP contribution in [-0.4, -0.2) is 38.2 Å². The fraction of sp³-hybridized carbons (Fsp3) is 0.381. The second-order valence-corrected chi connectivity index (χ2v) is 9.93. The highest BCUT2D eigenvalue weighted by Crippen LogP contribution is 2.34. The van der Waals surface area contributed by atoms with Gasteiger partial charge in [-0.25, -0.2) is 4.98 Å². The van der Waals surface area contributed by atoms with E-state index < -0.39 is 0 Å². The van der Waals surface area contributed by atoms with Crippen LogP contribution in [-0.2, 0) is 11.3 Å². The van der Waals surface area contributed by atoms with Gasteiger partial charge in [-0.05, 0) is 39.1 Å². The molecule has 0 atom stereocenters. The molecule has 5 nitrogen and oxygen atoms in total. The summed E-state index contributed by atoms with van der Waals surface area (Å²) in [6.45, 7) is 12.2. The number of thioether (sulfide) groups is 1. The Balaban J connectivity index is 1.98. The van der Waals surface area contributed by atoms with E-state index in [1.165, 1.54) is 23.1 Å². The van der Waals surface area contributed by atoms with Crippen molar-refractivity contribution in [2.75, 3.05) is 5.75 Å². The van der Waals surface area contributed by atoms with Crippen LogP contribution in [0.1, 0.15) is 27.7 Å². The topological polar surface area (TPSA) is 55.2 Å². The summed E-state index contributed by atoms with van der Waals surface area (Å²) in [7, 11) is 0. The number of fused-ring (bicyclic) bond motifs is 1. The maximum Gasteiger partial charge on any atom is 0.263 e. The van der Waals surface area contributed by atoms with Gasteiger partial charge in [0.1, 0.15) is 4.83 Å². The lowest BCUT2D eigenvalue weighted by molar-refractivity contribution is -0.131. The van der Waals surface area contributed by atoms with Crippen molar-refractivity contribution >= 4 is 50.6 Å². The Morgan fingerprint density at radius 1 is 1.31 bits per heavy atom. The van der Waals surface area contributed by atoms with Crippen LogP contribution in [0, 0.1) is 0 Å². The smallest absolute Gasteiger partial charge is 0.263 e. The van der Waals surface area contributed by atoms with Crippen molar-refractivity contribution in [2.45, 2.75) is 51.5 Å². The quantitative estimate of drug-likeness (QED) is 0.274. The second kappa shape index (κ2) is 9.28. The largest absolute Gasteiger partial charge is 0.337 e. The third-order valence-electron chi connectivity index (χ3n) is 4.48. The van der Waals surface area contributed by atoms with E-state index in [-0.39, 0.29) is 29.3 Å². The molecule has 0 saturated carbocycles. The lowest BCUT2D eigenvalue weighted by Crippen LogP contribution is -2.43. The van der Waals surface area contributed by atoms with Gasteiger partial charge in [0.2, 0.25) is 5.91 Å². The highest BCUT2D eigenvalue weighted by atomic mass is 32.2. The molecule has 0 aliphatic heterocycles. The zero-order chi connectivity index (χ0) is 21.1. The normalized spacial score (nSPS) is 11.5. The minimum atomic E-state index is -0.0842. The predicted molar refractivity (Wildman–Crippen MR) is 125 cm³/mol. The molecular weight excluding hydrogens is 422 g/mol. The molecule has 0 spiro atoms. The Labute approximate surface area is 183 Å². The van der Waals surface area contributed by atoms with Crippen LogP contribution >= 0.6 is 34.4 Å². The standard InChI is InChI=1S/C21H25N3O2S3/c1-6-9-23-20(26)18-15(16-8-7-10-27-16)11-28-19(18)22-21(23)29-12-17(25)24(13(2)3)14(4)5/h6-8,10-11,13-14H,1,9,12H2,2-5H3. The summed E-state index contributed by atoms with van der Waals surface area (Å²) in [5, 5.41) is 5.19. The van der Waals surface area contributed by atoms with E-state index >= 15 is 0 Å². The molecule has 8 heteroatoms. The number of rotatable bonds is 8. The van der Waals surface area contributed by atoms with Crippen LogP contribution in [0.25, 0.3) is 20.7 Å². The highest BCUT2D eigenvalue weighted by molar-refractivity contribution is 7.99. The fourth-order valence-electron chi connectivity index (χ4n) is 3.39. The first kappa shape index (κ1) is 21.8. The Hall–Kier alpha value is -1.90. The molecule has 0 unspecified atom stereocenters. The van der Waals surface area contributed by atoms with Crippen molar-refractivity contribution < 1.29 is 4.79 Å². The molecule has 3 rings (SSSR count). The van der Waals surface area contributed by atoms with Gasteiger partial charge >= 0.3 is 0 Å². The number of hydrogen-bond acceptors (Lipinski definition) is 6. The summed E-state index contributed by atoms with van der Waals surface area (Å²) < 4.78 is 1.62. The lowest BCUT2D eigenvalue weighted by Gasteiger charge is -2.30. The fourth-order valence-corrected chi connectivity index (χ4v) is 6.07. The Morgan fingerprint density at radius 3 is 2.62 bits per heavy atom. The molecule has 0 fully saturated rings. The molecule has 3 aromatic heterocycles. The Bertz CT molecular complexity index is 1060. The monoisotopic (exact) mass is 447 g/mol. The first-order valence-corrected chi connectivity index (χ1v) is 12.2. The molecule has 0 aliphatic carbocycles. The van der Waals surface area contributed by atoms with E-state index in [1.54, 1.807) is 22.0 Å². The third-order valence-corrected chi connectivity index (χ3v) is 7.22. The highest BCUT2D eigenvalue weighted by Gasteiger charge is 2.22. The van der Waals surface area contributed by atoms with Gasteiger partial charge in [-0.2, -0.15) is 0 Å². The molecule has 3 heterocycles. The number of carbonyl (C=O) groups excluding carboxylic acids is 1. The van der Waals surface area contributed by atoms with E-state index in [9.17, 15) is 9.59 Å². The number of amides is 1. The maximum atomic E-state index is 13.3. The Morgan fingerprint density at radius 2 is 2.03 bits per heavy atom. The second-order valence-electron chi connectivity index (χ2n) is 7.18. The van der Waals surface area contributed by atoms with Gasteiger partial charge in [-0.15, -0.1) is 29.3 Å². The zero-order valence-electron chi connectivity index (χ0n) is 17.0. The van der Waals surface area contributed by atoms with Crippen molar-refractivity contribution in [2.24, 2.45) is 0 Å². The van der Waals surface area contributed by atoms with Gasteiger partial charge in [-0.1, -0.05) is 23.9 Å². The van der Waals surface area contributed by atoms with Gasteiger partial charge in [0.05, 0.1) is 11.1 Å². The molecule has 29 heavy (non-hydrogen) atoms. The Kier molecular flexibility index (Phi) is 6.97. The summed E-state index contributed by atoms with van der Waals surface area (Å²) in [5.74, 6) is 0.291. The van der Waals surface area contributed by atoms with E-state index in [0.717, 1.165) is 10.4 Å². The van der Waals surface area contributed by atoms with E-state index in [2.05, 4.69) is 6.58 Å². The van der Waals surface area contributed by atoms with Gasteiger partial charge in [0.15, 0.2) is 5.16 Å². The number of aromatic nitrogens is 2. The van der Waals surface area contributed by atoms with Crippen molar-refractivity contribution in [1.82, 2.24) is 14.5 Å². The molecule has 0 aliphatic rings. The molecule has 3 aromatic rings. The molecule has 0 bridgehead atoms. The summed E-state index contributed by atoms with van der Waals surface area (Å²) in [5.41, 5.74) is 0.841. The maximum absolute atomic E-state index is 13.3. The molecule has 0 radical (unpaired) electrons. The van der Waals surface area contributed by atoms with Crippen LogP contribution in [0.15, 0.2) is 45.5 Å². The van der Waals surface area contributed by atoms with Crippen LogP contribution in [0.3, 0.4) is 0 Å². The van der Waals surface area contributed by atoms with Crippen LogP contribution in [0.4, 0.5) is 0 Å². The summed E-state index contributed by atoms with van der Waals surface area (Å²) in [4.78, 5) is 34.4. The number of hydrogen-bond donors (Lipinski definition) is 0. The predicted octanol–water partition coefficient (Wildman–Crippen LogP) is 5.11. The number of thiophene rings is 2. The van der Waals surface area contributed by atoms with Crippen LogP contribution < -0.4 is 5.56 Å². The third kappa shape index (κ3) is 4.49. The van der Waals surface area contributed by atoms with Crippen LogP contribution in [0.5, 0.6) is 0 Å². The molecule has 0 N–H and O–H groups in total. The zero-order valence-corrected chi connectivity index (χ0v) is 19.5. The minimum absolute atomic E-state index is 0.0463. The van der Waals surface area contributed by atoms with Crippen molar-refractivity contribution in [3.63, 3.8) is 0 Å². The summed E-state index contributed by atoms with van der Waals surface area (Å²) in [6, 6.07) is 4.24. The first-order valence-electron chi connectivity index (χ1n) is 9.45. The molecular formula is C21H25N3O2S3. The van der Waals surface area contributed by atoms with E-state index in [1.807, 2.05) is 55.5 Å². The average Bonchev–Trinajstić information content (AvgIpc) is 3.31. The number of nitrogens with zero attached hydrogens (tertiary/aromatic N) is 3. The molecule has 1 amide bonds. The van der Waals surface area contributed by atoms with Crippen molar-refractivity contribution in [3.05, 3.63) is 45.9 Å². The molecule has 0 saturated heterocycles. The SMILES string of the molecule is C=CCn1c(SCC(=O)N(C(C)C)C(C)C)nc2scc(-c3cccs3)c2c1=O. The van der Waals surface area contributed by atoms with Gasteiger partial charge in [0, 0.05) is 34.4 Å².